The number of carbonyl (C=O) groups excluding carboxylic acids is 1. The number of ether oxygens (including phenoxy) is 1. The monoisotopic (exact) mass is 276 g/mol. The first-order valence-corrected chi connectivity index (χ1v) is 5.89. The van der Waals surface area contributed by atoms with Gasteiger partial charge in [0.05, 0.1) is 18.1 Å². The third-order valence-electron chi connectivity index (χ3n) is 3.43. The van der Waals surface area contributed by atoms with E-state index in [0.717, 1.165) is 12.8 Å². The van der Waals surface area contributed by atoms with Gasteiger partial charge in [0, 0.05) is 0 Å². The van der Waals surface area contributed by atoms with Crippen molar-refractivity contribution in [1.82, 2.24) is 15.2 Å². The maximum Gasteiger partial charge on any atom is 0.451 e. The molecule has 0 unspecified atom stereocenters. The van der Waals surface area contributed by atoms with E-state index in [0.29, 0.717) is 6.42 Å². The first kappa shape index (κ1) is 12.4. The lowest BCUT2D eigenvalue weighted by molar-refractivity contribution is -0.144. The number of fused-ring (bicyclic) bond motifs is 2. The Kier molecular flexibility index (Phi) is 2.73. The van der Waals surface area contributed by atoms with Crippen LogP contribution in [0.3, 0.4) is 0 Å². The van der Waals surface area contributed by atoms with Gasteiger partial charge in [-0.1, -0.05) is 0 Å². The van der Waals surface area contributed by atoms with E-state index in [1.807, 2.05) is 0 Å². The highest BCUT2D eigenvalue weighted by Gasteiger charge is 2.44. The van der Waals surface area contributed by atoms with Gasteiger partial charge in [0.15, 0.2) is 0 Å². The van der Waals surface area contributed by atoms with Gasteiger partial charge in [0.2, 0.25) is 17.7 Å². The molecule has 9 heteroatoms. The number of anilines is 1. The molecule has 2 bridgehead atoms. The molecule has 1 aromatic heterocycles. The van der Waals surface area contributed by atoms with Crippen LogP contribution < -0.4 is 5.32 Å². The second-order valence-corrected chi connectivity index (χ2v) is 4.71. The van der Waals surface area contributed by atoms with Gasteiger partial charge in [-0.25, -0.2) is 0 Å². The zero-order chi connectivity index (χ0) is 13.6. The van der Waals surface area contributed by atoms with Crippen LogP contribution in [0.4, 0.5) is 19.1 Å². The van der Waals surface area contributed by atoms with Crippen LogP contribution in [0.1, 0.15) is 25.1 Å². The number of aromatic nitrogens is 3. The van der Waals surface area contributed by atoms with Crippen LogP contribution in [0.2, 0.25) is 0 Å². The number of nitrogens with one attached hydrogen (secondary N) is 2. The van der Waals surface area contributed by atoms with Gasteiger partial charge in [-0.15, -0.1) is 5.10 Å². The summed E-state index contributed by atoms with van der Waals surface area (Å²) in [4.78, 5) is 15.1. The van der Waals surface area contributed by atoms with E-state index in [-0.39, 0.29) is 30.0 Å². The van der Waals surface area contributed by atoms with Gasteiger partial charge in [0.1, 0.15) is 0 Å². The second-order valence-electron chi connectivity index (χ2n) is 4.71. The fourth-order valence-corrected chi connectivity index (χ4v) is 2.56. The van der Waals surface area contributed by atoms with Gasteiger partial charge in [-0.05, 0) is 19.3 Å². The summed E-state index contributed by atoms with van der Waals surface area (Å²) in [5.41, 5.74) is 0. The smallest absolute Gasteiger partial charge is 0.374 e. The minimum Gasteiger partial charge on any atom is -0.374 e. The molecule has 0 aromatic carbocycles. The van der Waals surface area contributed by atoms with E-state index >= 15 is 0 Å². The summed E-state index contributed by atoms with van der Waals surface area (Å²) in [5.74, 6) is -2.31. The minimum atomic E-state index is -4.61. The number of halogens is 3. The van der Waals surface area contributed by atoms with Crippen LogP contribution in [0.5, 0.6) is 0 Å². The molecule has 1 amide bonds. The predicted octanol–water partition coefficient (Wildman–Crippen LogP) is 1.33. The van der Waals surface area contributed by atoms with Crippen molar-refractivity contribution in [2.75, 3.05) is 5.32 Å². The Bertz CT molecular complexity index is 501. The molecule has 3 rings (SSSR count). The normalized spacial score (nSPS) is 29.7. The number of hydrogen-bond acceptors (Lipinski definition) is 4. The van der Waals surface area contributed by atoms with E-state index in [1.165, 1.54) is 0 Å². The van der Waals surface area contributed by atoms with E-state index < -0.39 is 12.0 Å². The van der Waals surface area contributed by atoms with Crippen LogP contribution >= 0.6 is 0 Å². The number of nitrogens with zero attached hydrogens (tertiary/aromatic N) is 2. The number of aromatic amines is 1. The van der Waals surface area contributed by atoms with Gasteiger partial charge in [-0.3, -0.25) is 15.2 Å². The zero-order valence-corrected chi connectivity index (χ0v) is 9.70. The molecule has 0 radical (unpaired) electrons. The predicted molar refractivity (Wildman–Crippen MR) is 56.0 cm³/mol. The Morgan fingerprint density at radius 3 is 2.74 bits per heavy atom. The average Bonchev–Trinajstić information content (AvgIpc) is 3.02. The molecule has 2 N–H and O–H groups in total. The van der Waals surface area contributed by atoms with Crippen LogP contribution in [0.15, 0.2) is 0 Å². The average molecular weight is 276 g/mol. The number of alkyl halides is 3. The Morgan fingerprint density at radius 1 is 1.42 bits per heavy atom. The van der Waals surface area contributed by atoms with Crippen LogP contribution in [-0.2, 0) is 15.7 Å². The highest BCUT2D eigenvalue weighted by atomic mass is 19.4. The summed E-state index contributed by atoms with van der Waals surface area (Å²) >= 11 is 0. The highest BCUT2D eigenvalue weighted by Crippen LogP contribution is 2.39. The molecular weight excluding hydrogens is 265 g/mol. The first-order chi connectivity index (χ1) is 8.93. The van der Waals surface area contributed by atoms with E-state index in [9.17, 15) is 18.0 Å². The third-order valence-corrected chi connectivity index (χ3v) is 3.43. The van der Waals surface area contributed by atoms with Crippen molar-refractivity contribution in [3.05, 3.63) is 5.82 Å². The molecular formula is C10H11F3N4O2. The number of H-pyrrole nitrogens is 1. The molecule has 3 atom stereocenters. The van der Waals surface area contributed by atoms with Crippen molar-refractivity contribution in [3.63, 3.8) is 0 Å². The number of carbonyl (C=O) groups is 1. The van der Waals surface area contributed by atoms with Gasteiger partial charge < -0.3 is 4.74 Å². The van der Waals surface area contributed by atoms with E-state index in [1.54, 1.807) is 5.10 Å². The van der Waals surface area contributed by atoms with Crippen molar-refractivity contribution in [1.29, 1.82) is 0 Å². The number of amides is 1. The van der Waals surface area contributed by atoms with Crippen LogP contribution in [0, 0.1) is 5.92 Å². The lowest BCUT2D eigenvalue weighted by Gasteiger charge is -2.16. The van der Waals surface area contributed by atoms with Crippen molar-refractivity contribution < 1.29 is 22.7 Å². The maximum absolute atomic E-state index is 12.3. The van der Waals surface area contributed by atoms with Gasteiger partial charge in [-0.2, -0.15) is 18.2 Å². The molecule has 104 valence electrons. The molecule has 2 fully saturated rings. The van der Waals surface area contributed by atoms with E-state index in [4.69, 9.17) is 4.74 Å². The molecule has 1 aromatic rings. The topological polar surface area (TPSA) is 79.9 Å². The second kappa shape index (κ2) is 4.19. The molecule has 3 heterocycles. The molecule has 6 nitrogen and oxygen atoms in total. The summed E-state index contributed by atoms with van der Waals surface area (Å²) in [6, 6.07) is 0. The molecule has 0 spiro atoms. The van der Waals surface area contributed by atoms with Crippen molar-refractivity contribution in [2.24, 2.45) is 5.92 Å². The van der Waals surface area contributed by atoms with Crippen molar-refractivity contribution in [2.45, 2.75) is 37.6 Å². The first-order valence-electron chi connectivity index (χ1n) is 5.89. The molecule has 2 saturated heterocycles. The fraction of sp³-hybridized carbons (Fsp3) is 0.700. The molecule has 19 heavy (non-hydrogen) atoms. The molecule has 2 aliphatic heterocycles. The molecule has 2 aliphatic rings. The standard InChI is InChI=1S/C10H11F3N4O2/c11-10(12,13)8-15-9(17-16-8)14-7(18)5-3-4-1-2-6(5)19-4/h4-6H,1-3H2,(H2,14,15,16,17,18)/t4-,5-,6+/m1/s1. The van der Waals surface area contributed by atoms with Crippen LogP contribution in [-0.4, -0.2) is 33.3 Å². The number of rotatable bonds is 2. The van der Waals surface area contributed by atoms with Gasteiger partial charge in [0.25, 0.3) is 0 Å². The quantitative estimate of drug-likeness (QED) is 0.854. The van der Waals surface area contributed by atoms with Gasteiger partial charge >= 0.3 is 6.18 Å². The van der Waals surface area contributed by atoms with Crippen molar-refractivity contribution >= 4 is 11.9 Å². The maximum atomic E-state index is 12.3. The minimum absolute atomic E-state index is 0.0960. The largest absolute Gasteiger partial charge is 0.451 e. The Hall–Kier alpha value is -1.64. The molecule has 0 aliphatic carbocycles. The zero-order valence-electron chi connectivity index (χ0n) is 9.70. The highest BCUT2D eigenvalue weighted by molar-refractivity contribution is 5.91. The Balaban J connectivity index is 1.65. The van der Waals surface area contributed by atoms with Crippen LogP contribution in [0.25, 0.3) is 0 Å². The summed E-state index contributed by atoms with van der Waals surface area (Å²) in [5, 5.41) is 7.36. The SMILES string of the molecule is O=C(Nc1n[nH]c(C(F)(F)F)n1)[C@@H]1C[C@H]2CC[C@@H]1O2. The lowest BCUT2D eigenvalue weighted by Crippen LogP contribution is -2.30. The third kappa shape index (κ3) is 2.29. The van der Waals surface area contributed by atoms with E-state index in [2.05, 4.69) is 15.4 Å². The Labute approximate surface area is 105 Å². The van der Waals surface area contributed by atoms with Crippen molar-refractivity contribution in [3.8, 4) is 0 Å². The fourth-order valence-electron chi connectivity index (χ4n) is 2.56. The summed E-state index contributed by atoms with van der Waals surface area (Å²) in [7, 11) is 0. The summed E-state index contributed by atoms with van der Waals surface area (Å²) in [6.07, 6.45) is -2.29. The Morgan fingerprint density at radius 2 is 2.21 bits per heavy atom. The molecule has 0 saturated carbocycles. The summed E-state index contributed by atoms with van der Waals surface area (Å²) < 4.78 is 42.4. The number of hydrogen-bond donors (Lipinski definition) is 2. The lowest BCUT2D eigenvalue weighted by atomic mass is 9.89. The summed E-state index contributed by atoms with van der Waals surface area (Å²) in [6.45, 7) is 0.